The van der Waals surface area contributed by atoms with E-state index in [1.54, 1.807) is 12.1 Å². The van der Waals surface area contributed by atoms with E-state index in [0.717, 1.165) is 14.5 Å². The van der Waals surface area contributed by atoms with Crippen LogP contribution in [0, 0.1) is 0 Å². The van der Waals surface area contributed by atoms with Crippen LogP contribution in [0.2, 0.25) is 0 Å². The Morgan fingerprint density at radius 1 is 0.900 bits per heavy atom. The minimum Gasteiger partial charge on any atom is -0.200 e. The average Bonchev–Trinajstić information content (AvgIpc) is 2.41. The van der Waals surface area contributed by atoms with Gasteiger partial charge in [0.25, 0.3) is 10.0 Å². The molecule has 0 aliphatic carbocycles. The molecule has 0 aromatic heterocycles. The second kappa shape index (κ2) is 6.51. The van der Waals surface area contributed by atoms with Crippen molar-refractivity contribution in [3.8, 4) is 0 Å². The third-order valence-electron chi connectivity index (χ3n) is 2.38. The van der Waals surface area contributed by atoms with Crippen LogP contribution in [0.1, 0.15) is 5.56 Å². The van der Waals surface area contributed by atoms with Crippen LogP contribution < -0.4 is 4.83 Å². The average molecular weight is 418 g/mol. The summed E-state index contributed by atoms with van der Waals surface area (Å²) in [5.74, 6) is 0. The number of halogens is 2. The van der Waals surface area contributed by atoms with Crippen LogP contribution >= 0.6 is 31.9 Å². The van der Waals surface area contributed by atoms with Crippen LogP contribution in [-0.4, -0.2) is 14.6 Å². The third-order valence-corrected chi connectivity index (χ3v) is 4.68. The van der Waals surface area contributed by atoms with E-state index in [-0.39, 0.29) is 4.90 Å². The lowest BCUT2D eigenvalue weighted by molar-refractivity contribution is 0.584. The number of hydrogen-bond acceptors (Lipinski definition) is 3. The highest BCUT2D eigenvalue weighted by atomic mass is 79.9. The van der Waals surface area contributed by atoms with Gasteiger partial charge >= 0.3 is 0 Å². The van der Waals surface area contributed by atoms with Gasteiger partial charge in [-0.1, -0.05) is 44.0 Å². The maximum atomic E-state index is 11.9. The molecule has 2 aromatic rings. The first-order valence-electron chi connectivity index (χ1n) is 5.53. The van der Waals surface area contributed by atoms with Crippen LogP contribution in [0.5, 0.6) is 0 Å². The molecule has 0 unspecified atom stereocenters. The highest BCUT2D eigenvalue weighted by molar-refractivity contribution is 9.10. The number of sulfonamides is 1. The van der Waals surface area contributed by atoms with Crippen LogP contribution in [-0.2, 0) is 10.0 Å². The SMILES string of the molecule is O=S(=O)(N/N=C/c1ccc(Br)cc1)c1ccc(Br)cc1. The fraction of sp³-hybridized carbons (Fsp3) is 0. The van der Waals surface area contributed by atoms with Gasteiger partial charge in [-0.05, 0) is 42.0 Å². The van der Waals surface area contributed by atoms with Gasteiger partial charge in [-0.25, -0.2) is 4.83 Å². The molecule has 0 atom stereocenters. The third kappa shape index (κ3) is 4.16. The molecule has 0 heterocycles. The zero-order valence-corrected chi connectivity index (χ0v) is 14.1. The summed E-state index contributed by atoms with van der Waals surface area (Å²) >= 11 is 6.57. The molecule has 0 spiro atoms. The van der Waals surface area contributed by atoms with Gasteiger partial charge < -0.3 is 0 Å². The standard InChI is InChI=1S/C13H10Br2N2O2S/c14-11-3-1-10(2-4-11)9-16-17-20(18,19)13-7-5-12(15)6-8-13/h1-9,17H/b16-9+. The first kappa shape index (κ1) is 15.2. The Balaban J connectivity index is 2.09. The van der Waals surface area contributed by atoms with E-state index < -0.39 is 10.0 Å². The highest BCUT2D eigenvalue weighted by Gasteiger charge is 2.11. The van der Waals surface area contributed by atoms with Crippen molar-refractivity contribution in [1.82, 2.24) is 4.83 Å². The number of nitrogens with one attached hydrogen (secondary N) is 1. The largest absolute Gasteiger partial charge is 0.276 e. The molecule has 0 saturated carbocycles. The molecule has 104 valence electrons. The van der Waals surface area contributed by atoms with Crippen LogP contribution in [0.25, 0.3) is 0 Å². The van der Waals surface area contributed by atoms with E-state index in [4.69, 9.17) is 0 Å². The predicted octanol–water partition coefficient (Wildman–Crippen LogP) is 3.52. The number of benzene rings is 2. The Bertz CT molecular complexity index is 711. The highest BCUT2D eigenvalue weighted by Crippen LogP contribution is 2.14. The monoisotopic (exact) mass is 416 g/mol. The number of hydrogen-bond donors (Lipinski definition) is 1. The minimum atomic E-state index is -3.63. The summed E-state index contributed by atoms with van der Waals surface area (Å²) in [7, 11) is -3.63. The number of hydrazone groups is 1. The Morgan fingerprint density at radius 2 is 1.40 bits per heavy atom. The topological polar surface area (TPSA) is 58.5 Å². The summed E-state index contributed by atoms with van der Waals surface area (Å²) < 4.78 is 25.6. The zero-order chi connectivity index (χ0) is 14.6. The summed E-state index contributed by atoms with van der Waals surface area (Å²) in [4.78, 5) is 2.33. The molecule has 0 radical (unpaired) electrons. The van der Waals surface area contributed by atoms with Crippen molar-refractivity contribution in [1.29, 1.82) is 0 Å². The molecule has 2 rings (SSSR count). The van der Waals surface area contributed by atoms with Crippen molar-refractivity contribution in [3.63, 3.8) is 0 Å². The lowest BCUT2D eigenvalue weighted by atomic mass is 10.2. The Morgan fingerprint density at radius 3 is 1.95 bits per heavy atom. The van der Waals surface area contributed by atoms with Gasteiger partial charge in [0.05, 0.1) is 11.1 Å². The van der Waals surface area contributed by atoms with E-state index in [2.05, 4.69) is 41.8 Å². The first-order valence-corrected chi connectivity index (χ1v) is 8.60. The van der Waals surface area contributed by atoms with Gasteiger partial charge in [-0.15, -0.1) is 0 Å². The number of rotatable bonds is 4. The van der Waals surface area contributed by atoms with E-state index in [9.17, 15) is 8.42 Å². The molecule has 0 fully saturated rings. The normalized spacial score (nSPS) is 11.7. The molecule has 4 nitrogen and oxygen atoms in total. The van der Waals surface area contributed by atoms with E-state index in [0.29, 0.717) is 0 Å². The van der Waals surface area contributed by atoms with Crippen LogP contribution in [0.15, 0.2) is 67.5 Å². The van der Waals surface area contributed by atoms with Gasteiger partial charge in [-0.2, -0.15) is 13.5 Å². The smallest absolute Gasteiger partial charge is 0.200 e. The van der Waals surface area contributed by atoms with E-state index in [1.165, 1.54) is 18.3 Å². The van der Waals surface area contributed by atoms with Crippen molar-refractivity contribution in [2.75, 3.05) is 0 Å². The minimum absolute atomic E-state index is 0.161. The maximum absolute atomic E-state index is 11.9. The second-order valence-corrected chi connectivity index (χ2v) is 7.35. The Labute approximate surface area is 134 Å². The molecule has 0 aliphatic rings. The molecule has 7 heteroatoms. The summed E-state index contributed by atoms with van der Waals surface area (Å²) in [5, 5.41) is 3.75. The molecule has 1 N–H and O–H groups in total. The fourth-order valence-corrected chi connectivity index (χ4v) is 2.71. The fourth-order valence-electron chi connectivity index (χ4n) is 1.39. The molecule has 0 aliphatic heterocycles. The van der Waals surface area contributed by atoms with Gasteiger partial charge in [0.1, 0.15) is 0 Å². The van der Waals surface area contributed by atoms with Crippen LogP contribution in [0.4, 0.5) is 0 Å². The maximum Gasteiger partial charge on any atom is 0.276 e. The summed E-state index contributed by atoms with van der Waals surface area (Å²) in [6, 6.07) is 13.7. The van der Waals surface area contributed by atoms with Gasteiger partial charge in [0.15, 0.2) is 0 Å². The van der Waals surface area contributed by atoms with Gasteiger partial charge in [0, 0.05) is 8.95 Å². The Kier molecular flexibility index (Phi) is 4.95. The lowest BCUT2D eigenvalue weighted by Crippen LogP contribution is -2.18. The molecule has 0 saturated heterocycles. The van der Waals surface area contributed by atoms with E-state index >= 15 is 0 Å². The predicted molar refractivity (Wildman–Crippen MR) is 86.2 cm³/mol. The van der Waals surface area contributed by atoms with Crippen molar-refractivity contribution in [3.05, 3.63) is 63.0 Å². The van der Waals surface area contributed by atoms with Crippen molar-refractivity contribution in [2.24, 2.45) is 5.10 Å². The van der Waals surface area contributed by atoms with Crippen molar-refractivity contribution >= 4 is 48.1 Å². The van der Waals surface area contributed by atoms with Crippen molar-refractivity contribution in [2.45, 2.75) is 4.90 Å². The molecular formula is C13H10Br2N2O2S. The lowest BCUT2D eigenvalue weighted by Gasteiger charge is -2.03. The summed E-state index contributed by atoms with van der Waals surface area (Å²) in [5.41, 5.74) is 0.798. The summed E-state index contributed by atoms with van der Waals surface area (Å²) in [6.07, 6.45) is 1.45. The molecule has 0 amide bonds. The second-order valence-electron chi connectivity index (χ2n) is 3.86. The molecule has 0 bridgehead atoms. The van der Waals surface area contributed by atoms with Crippen molar-refractivity contribution < 1.29 is 8.42 Å². The first-order chi connectivity index (χ1) is 9.47. The van der Waals surface area contributed by atoms with Gasteiger partial charge in [-0.3, -0.25) is 0 Å². The van der Waals surface area contributed by atoms with Crippen LogP contribution in [0.3, 0.4) is 0 Å². The molecule has 20 heavy (non-hydrogen) atoms. The molecular weight excluding hydrogens is 408 g/mol. The van der Waals surface area contributed by atoms with Gasteiger partial charge in [0.2, 0.25) is 0 Å². The van der Waals surface area contributed by atoms with E-state index in [1.807, 2.05) is 24.3 Å². The summed E-state index contributed by atoms with van der Waals surface area (Å²) in [6.45, 7) is 0. The zero-order valence-electron chi connectivity index (χ0n) is 10.1. The quantitative estimate of drug-likeness (QED) is 0.611. The molecule has 2 aromatic carbocycles. The Hall–Kier alpha value is -1.18. The number of nitrogens with zero attached hydrogens (tertiary/aromatic N) is 1.